The maximum absolute atomic E-state index is 12.0. The second-order valence-corrected chi connectivity index (χ2v) is 7.16. The Labute approximate surface area is 168 Å². The van der Waals surface area contributed by atoms with Crippen LogP contribution in [0, 0.1) is 0 Å². The highest BCUT2D eigenvalue weighted by Crippen LogP contribution is 2.30. The van der Waals surface area contributed by atoms with Crippen LogP contribution in [-0.4, -0.2) is 77.5 Å². The van der Waals surface area contributed by atoms with Gasteiger partial charge in [-0.3, -0.25) is 9.89 Å². The molecule has 2 aromatic heterocycles. The highest BCUT2D eigenvalue weighted by Gasteiger charge is 2.23. The molecule has 0 radical (unpaired) electrons. The van der Waals surface area contributed by atoms with Crippen molar-refractivity contribution in [2.24, 2.45) is 0 Å². The van der Waals surface area contributed by atoms with Crippen LogP contribution in [0.3, 0.4) is 0 Å². The molecule has 0 saturated carbocycles. The van der Waals surface area contributed by atoms with Gasteiger partial charge in [-0.25, -0.2) is 9.97 Å². The molecule has 4 rings (SSSR count). The molecule has 0 unspecified atom stereocenters. The van der Waals surface area contributed by atoms with Crippen molar-refractivity contribution in [1.29, 1.82) is 0 Å². The van der Waals surface area contributed by atoms with Crippen molar-refractivity contribution in [1.82, 2.24) is 25.1 Å². The van der Waals surface area contributed by atoms with Gasteiger partial charge in [0, 0.05) is 38.7 Å². The molecular weight excluding hydrogens is 372 g/mol. The number of rotatable bonds is 6. The largest absolute Gasteiger partial charge is 0.488 e. The van der Waals surface area contributed by atoms with Crippen molar-refractivity contribution in [3.8, 4) is 17.1 Å². The molecule has 0 bridgehead atoms. The summed E-state index contributed by atoms with van der Waals surface area (Å²) in [6, 6.07) is 7.65. The predicted molar refractivity (Wildman–Crippen MR) is 109 cm³/mol. The molecule has 3 heterocycles. The van der Waals surface area contributed by atoms with Gasteiger partial charge in [-0.2, -0.15) is 5.10 Å². The molecule has 3 aromatic rings. The maximum atomic E-state index is 12.0. The summed E-state index contributed by atoms with van der Waals surface area (Å²) in [4.78, 5) is 24.5. The molecule has 1 aliphatic rings. The van der Waals surface area contributed by atoms with E-state index in [2.05, 4.69) is 20.2 Å². The zero-order valence-corrected chi connectivity index (χ0v) is 16.8. The number of anilines is 1. The smallest absolute Gasteiger partial charge is 0.241 e. The second kappa shape index (κ2) is 8.04. The molecule has 1 saturated heterocycles. The van der Waals surface area contributed by atoms with E-state index in [4.69, 9.17) is 9.47 Å². The first-order chi connectivity index (χ1) is 14.0. The third-order valence-electron chi connectivity index (χ3n) is 4.95. The van der Waals surface area contributed by atoms with Crippen molar-refractivity contribution in [2.45, 2.75) is 13.0 Å². The number of amides is 1. The number of H-pyrrole nitrogens is 1. The number of nitrogens with zero attached hydrogens (tertiary/aromatic N) is 5. The van der Waals surface area contributed by atoms with Gasteiger partial charge in [0.25, 0.3) is 0 Å². The summed E-state index contributed by atoms with van der Waals surface area (Å²) >= 11 is 0. The Bertz CT molecular complexity index is 1020. The van der Waals surface area contributed by atoms with E-state index in [-0.39, 0.29) is 12.0 Å². The van der Waals surface area contributed by atoms with Crippen LogP contribution in [-0.2, 0) is 9.53 Å². The number of carbonyl (C=O) groups is 1. The monoisotopic (exact) mass is 396 g/mol. The lowest BCUT2D eigenvalue weighted by atomic mass is 10.1. The first kappa shape index (κ1) is 19.1. The average molecular weight is 396 g/mol. The van der Waals surface area contributed by atoms with E-state index >= 15 is 0 Å². The van der Waals surface area contributed by atoms with Crippen LogP contribution >= 0.6 is 0 Å². The summed E-state index contributed by atoms with van der Waals surface area (Å²) in [6.07, 6.45) is 1.45. The minimum atomic E-state index is -0.0618. The molecule has 152 valence electrons. The Morgan fingerprint density at radius 2 is 2.10 bits per heavy atom. The highest BCUT2D eigenvalue weighted by molar-refractivity contribution is 5.93. The van der Waals surface area contributed by atoms with Gasteiger partial charge in [-0.05, 0) is 25.1 Å². The Morgan fingerprint density at radius 3 is 2.90 bits per heavy atom. The Hall–Kier alpha value is -3.20. The second-order valence-electron chi connectivity index (χ2n) is 7.16. The van der Waals surface area contributed by atoms with E-state index in [0.29, 0.717) is 36.9 Å². The summed E-state index contributed by atoms with van der Waals surface area (Å²) in [6.45, 7) is 4.18. The maximum Gasteiger partial charge on any atom is 0.241 e. The zero-order chi connectivity index (χ0) is 20.4. The predicted octanol–water partition coefficient (Wildman–Crippen LogP) is 1.71. The van der Waals surface area contributed by atoms with E-state index in [1.165, 1.54) is 6.33 Å². The molecule has 1 atom stereocenters. The van der Waals surface area contributed by atoms with E-state index in [1.807, 2.05) is 43.1 Å². The van der Waals surface area contributed by atoms with Crippen LogP contribution in [0.2, 0.25) is 0 Å². The van der Waals surface area contributed by atoms with E-state index in [0.717, 1.165) is 23.2 Å². The molecule has 1 fully saturated rings. The van der Waals surface area contributed by atoms with Gasteiger partial charge < -0.3 is 19.3 Å². The van der Waals surface area contributed by atoms with Crippen LogP contribution in [0.1, 0.15) is 6.92 Å². The van der Waals surface area contributed by atoms with Crippen molar-refractivity contribution in [3.05, 3.63) is 30.6 Å². The van der Waals surface area contributed by atoms with Crippen molar-refractivity contribution < 1.29 is 14.3 Å². The number of hydrogen-bond donors (Lipinski definition) is 1. The minimum Gasteiger partial charge on any atom is -0.488 e. The van der Waals surface area contributed by atoms with Gasteiger partial charge in [-0.15, -0.1) is 0 Å². The SMILES string of the molecule is COC[C@H](C)Oc1ccc2[nH]nc(-c3cc(N4CCN(C)C(=O)C4)ncn3)c2c1. The highest BCUT2D eigenvalue weighted by atomic mass is 16.5. The van der Waals surface area contributed by atoms with Gasteiger partial charge in [0.05, 0.1) is 24.4 Å². The number of piperazine rings is 1. The van der Waals surface area contributed by atoms with Gasteiger partial charge in [-0.1, -0.05) is 0 Å². The Kier molecular flexibility index (Phi) is 5.30. The Balaban J connectivity index is 1.63. The number of nitrogens with one attached hydrogen (secondary N) is 1. The molecule has 0 aliphatic carbocycles. The number of aromatic nitrogens is 4. The van der Waals surface area contributed by atoms with Gasteiger partial charge in [0.2, 0.25) is 5.91 Å². The first-order valence-electron chi connectivity index (χ1n) is 9.50. The van der Waals surface area contributed by atoms with Crippen molar-refractivity contribution in [2.75, 3.05) is 45.3 Å². The number of ether oxygens (including phenoxy) is 2. The fourth-order valence-corrected chi connectivity index (χ4v) is 3.37. The standard InChI is InChI=1S/C20H24N6O3/c1-13(11-28-3)29-14-4-5-16-15(8-14)20(24-23-16)17-9-18(22-12-21-17)26-7-6-25(2)19(27)10-26/h4-5,8-9,12-13H,6-7,10-11H2,1-3H3,(H,23,24)/t13-/m0/s1. The van der Waals surface area contributed by atoms with Crippen molar-refractivity contribution in [3.63, 3.8) is 0 Å². The molecule has 1 aromatic carbocycles. The fourth-order valence-electron chi connectivity index (χ4n) is 3.37. The van der Waals surface area contributed by atoms with Crippen molar-refractivity contribution >= 4 is 22.6 Å². The van der Waals surface area contributed by atoms with E-state index < -0.39 is 0 Å². The van der Waals surface area contributed by atoms with Crippen LogP contribution < -0.4 is 9.64 Å². The number of likely N-dealkylation sites (N-methyl/N-ethyl adjacent to an activating group) is 1. The molecule has 1 amide bonds. The number of hydrogen-bond acceptors (Lipinski definition) is 7. The summed E-state index contributed by atoms with van der Waals surface area (Å²) in [7, 11) is 3.46. The minimum absolute atomic E-state index is 0.0618. The molecule has 0 spiro atoms. The zero-order valence-electron chi connectivity index (χ0n) is 16.8. The quantitative estimate of drug-likeness (QED) is 0.677. The van der Waals surface area contributed by atoms with Crippen LogP contribution in [0.25, 0.3) is 22.3 Å². The van der Waals surface area contributed by atoms with Gasteiger partial charge in [0.1, 0.15) is 29.7 Å². The molecular formula is C20H24N6O3. The summed E-state index contributed by atoms with van der Waals surface area (Å²) in [5.74, 6) is 1.53. The lowest BCUT2D eigenvalue weighted by molar-refractivity contribution is -0.129. The van der Waals surface area contributed by atoms with Crippen LogP contribution in [0.15, 0.2) is 30.6 Å². The molecule has 29 heavy (non-hydrogen) atoms. The topological polar surface area (TPSA) is 96.5 Å². The third kappa shape index (κ3) is 4.00. The normalized spacial score (nSPS) is 15.8. The van der Waals surface area contributed by atoms with Gasteiger partial charge in [0.15, 0.2) is 0 Å². The third-order valence-corrected chi connectivity index (χ3v) is 4.95. The first-order valence-corrected chi connectivity index (χ1v) is 9.50. The van der Waals surface area contributed by atoms with E-state index in [9.17, 15) is 4.79 Å². The van der Waals surface area contributed by atoms with Crippen LogP contribution in [0.4, 0.5) is 5.82 Å². The summed E-state index contributed by atoms with van der Waals surface area (Å²) in [5.41, 5.74) is 2.30. The number of carbonyl (C=O) groups excluding carboxylic acids is 1. The summed E-state index contributed by atoms with van der Waals surface area (Å²) in [5, 5.41) is 8.39. The molecule has 1 aliphatic heterocycles. The lowest BCUT2D eigenvalue weighted by Gasteiger charge is -2.32. The molecule has 9 nitrogen and oxygen atoms in total. The van der Waals surface area contributed by atoms with E-state index in [1.54, 1.807) is 12.0 Å². The van der Waals surface area contributed by atoms with Gasteiger partial charge >= 0.3 is 0 Å². The number of aromatic amines is 1. The average Bonchev–Trinajstić information content (AvgIpc) is 3.13. The molecule has 1 N–H and O–H groups in total. The number of fused-ring (bicyclic) bond motifs is 1. The summed E-state index contributed by atoms with van der Waals surface area (Å²) < 4.78 is 11.0. The number of methoxy groups -OCH3 is 1. The number of benzene rings is 1. The molecule has 9 heteroatoms. The fraction of sp³-hybridized carbons (Fsp3) is 0.400. The van der Waals surface area contributed by atoms with Crippen LogP contribution in [0.5, 0.6) is 5.75 Å². The Morgan fingerprint density at radius 1 is 1.24 bits per heavy atom. The lowest BCUT2D eigenvalue weighted by Crippen LogP contribution is -2.48.